The first-order valence-electron chi connectivity index (χ1n) is 13.2. The summed E-state index contributed by atoms with van der Waals surface area (Å²) >= 11 is 6.01. The number of aryl methyl sites for hydroxylation is 1. The standard InChI is InChI=1S/C29H32ClFN6O/c1-4-6-19(2)26-32-27(25-20(3)34-37(28(25)33-26)24-13-11-23(31)12-14-24)35-15-5-16-36(18-17-35)29(38)21-7-9-22(30)10-8-21/h7-14,19H,4-6,15-18H2,1-3H3. The Kier molecular flexibility index (Phi) is 7.61. The average molecular weight is 535 g/mol. The zero-order valence-electron chi connectivity index (χ0n) is 22.0. The molecule has 5 rings (SSSR count). The van der Waals surface area contributed by atoms with Crippen molar-refractivity contribution in [3.05, 3.63) is 76.5 Å². The molecule has 1 aliphatic heterocycles. The molecule has 38 heavy (non-hydrogen) atoms. The summed E-state index contributed by atoms with van der Waals surface area (Å²) in [6.07, 6.45) is 2.81. The Morgan fingerprint density at radius 3 is 2.47 bits per heavy atom. The highest BCUT2D eigenvalue weighted by Gasteiger charge is 2.26. The summed E-state index contributed by atoms with van der Waals surface area (Å²) < 4.78 is 15.4. The molecule has 9 heteroatoms. The predicted octanol–water partition coefficient (Wildman–Crippen LogP) is 6.17. The molecule has 2 aromatic heterocycles. The summed E-state index contributed by atoms with van der Waals surface area (Å²) in [4.78, 5) is 27.4. The lowest BCUT2D eigenvalue weighted by molar-refractivity contribution is 0.0767. The van der Waals surface area contributed by atoms with Crippen molar-refractivity contribution in [3.63, 3.8) is 0 Å². The molecule has 0 spiro atoms. The minimum absolute atomic E-state index is 0.00826. The van der Waals surface area contributed by atoms with E-state index in [9.17, 15) is 9.18 Å². The van der Waals surface area contributed by atoms with E-state index in [-0.39, 0.29) is 17.6 Å². The highest BCUT2D eigenvalue weighted by Crippen LogP contribution is 2.32. The summed E-state index contributed by atoms with van der Waals surface area (Å²) in [6, 6.07) is 13.3. The number of carbonyl (C=O) groups is 1. The van der Waals surface area contributed by atoms with Gasteiger partial charge in [-0.05, 0) is 68.3 Å². The first-order valence-corrected chi connectivity index (χ1v) is 13.6. The van der Waals surface area contributed by atoms with Crippen LogP contribution in [0, 0.1) is 12.7 Å². The van der Waals surface area contributed by atoms with Gasteiger partial charge in [-0.1, -0.05) is 31.9 Å². The van der Waals surface area contributed by atoms with Crippen molar-refractivity contribution in [1.29, 1.82) is 0 Å². The van der Waals surface area contributed by atoms with Crippen LogP contribution in [0.1, 0.15) is 60.9 Å². The third kappa shape index (κ3) is 5.23. The summed E-state index contributed by atoms with van der Waals surface area (Å²) in [6.45, 7) is 8.92. The van der Waals surface area contributed by atoms with Crippen molar-refractivity contribution in [2.45, 2.75) is 46.0 Å². The Balaban J connectivity index is 1.52. The van der Waals surface area contributed by atoms with Crippen LogP contribution in [-0.2, 0) is 0 Å². The van der Waals surface area contributed by atoms with Crippen LogP contribution in [0.4, 0.5) is 10.2 Å². The minimum Gasteiger partial charge on any atom is -0.354 e. The molecule has 1 saturated heterocycles. The van der Waals surface area contributed by atoms with Gasteiger partial charge in [-0.15, -0.1) is 0 Å². The van der Waals surface area contributed by atoms with Gasteiger partial charge in [0, 0.05) is 42.7 Å². The Hall–Kier alpha value is -3.52. The molecular formula is C29H32ClFN6O. The van der Waals surface area contributed by atoms with E-state index in [1.54, 1.807) is 41.1 Å². The molecular weight excluding hydrogens is 503 g/mol. The lowest BCUT2D eigenvalue weighted by atomic mass is 10.1. The molecule has 0 saturated carbocycles. The molecule has 1 fully saturated rings. The highest BCUT2D eigenvalue weighted by molar-refractivity contribution is 6.30. The Morgan fingerprint density at radius 1 is 1.03 bits per heavy atom. The van der Waals surface area contributed by atoms with E-state index >= 15 is 0 Å². The number of hydrogen-bond donors (Lipinski definition) is 0. The van der Waals surface area contributed by atoms with Crippen LogP contribution in [0.2, 0.25) is 5.02 Å². The van der Waals surface area contributed by atoms with Gasteiger partial charge in [0.15, 0.2) is 5.65 Å². The fourth-order valence-electron chi connectivity index (χ4n) is 5.06. The van der Waals surface area contributed by atoms with Crippen molar-refractivity contribution >= 4 is 34.4 Å². The molecule has 1 aliphatic rings. The molecule has 0 N–H and O–H groups in total. The predicted molar refractivity (Wildman–Crippen MR) is 149 cm³/mol. The first-order chi connectivity index (χ1) is 18.4. The average Bonchev–Trinajstić information content (AvgIpc) is 3.08. The van der Waals surface area contributed by atoms with E-state index < -0.39 is 0 Å². The summed E-state index contributed by atoms with van der Waals surface area (Å²) in [5.74, 6) is 1.51. The molecule has 1 amide bonds. The van der Waals surface area contributed by atoms with Gasteiger partial charge in [0.1, 0.15) is 17.5 Å². The Morgan fingerprint density at radius 2 is 1.76 bits per heavy atom. The molecule has 198 valence electrons. The Labute approximate surface area is 227 Å². The molecule has 4 aromatic rings. The zero-order valence-corrected chi connectivity index (χ0v) is 22.7. The van der Waals surface area contributed by atoms with Gasteiger partial charge in [0.05, 0.1) is 16.8 Å². The minimum atomic E-state index is -0.295. The molecule has 7 nitrogen and oxygen atoms in total. The molecule has 0 bridgehead atoms. The number of carbonyl (C=O) groups excluding carboxylic acids is 1. The number of anilines is 1. The van der Waals surface area contributed by atoms with Crippen LogP contribution in [-0.4, -0.2) is 56.7 Å². The maximum Gasteiger partial charge on any atom is 0.253 e. The lowest BCUT2D eigenvalue weighted by Crippen LogP contribution is -2.35. The third-order valence-corrected chi connectivity index (χ3v) is 7.36. The number of aromatic nitrogens is 4. The van der Waals surface area contributed by atoms with Crippen molar-refractivity contribution in [3.8, 4) is 5.69 Å². The second-order valence-corrected chi connectivity index (χ2v) is 10.3. The largest absolute Gasteiger partial charge is 0.354 e. The van der Waals surface area contributed by atoms with Gasteiger partial charge in [-0.25, -0.2) is 19.0 Å². The topological polar surface area (TPSA) is 67.2 Å². The van der Waals surface area contributed by atoms with Crippen LogP contribution < -0.4 is 4.90 Å². The number of halogens is 2. The van der Waals surface area contributed by atoms with Gasteiger partial charge in [0.2, 0.25) is 0 Å². The fourth-order valence-corrected chi connectivity index (χ4v) is 5.19. The molecule has 0 aliphatic carbocycles. The fraction of sp³-hybridized carbons (Fsp3) is 0.379. The van der Waals surface area contributed by atoms with Crippen molar-refractivity contribution < 1.29 is 9.18 Å². The number of amides is 1. The summed E-state index contributed by atoms with van der Waals surface area (Å²) in [5, 5.41) is 6.29. The monoisotopic (exact) mass is 534 g/mol. The number of nitrogens with zero attached hydrogens (tertiary/aromatic N) is 6. The van der Waals surface area contributed by atoms with Crippen LogP contribution >= 0.6 is 11.6 Å². The SMILES string of the molecule is CCCC(C)c1nc(N2CCCN(C(=O)c3ccc(Cl)cc3)CC2)c2c(C)nn(-c3ccc(F)cc3)c2n1. The summed E-state index contributed by atoms with van der Waals surface area (Å²) in [5.41, 5.74) is 2.92. The first kappa shape index (κ1) is 26.1. The molecule has 1 unspecified atom stereocenters. The molecule has 0 radical (unpaired) electrons. The van der Waals surface area contributed by atoms with E-state index in [0.717, 1.165) is 59.9 Å². The van der Waals surface area contributed by atoms with Crippen LogP contribution in [0.15, 0.2) is 48.5 Å². The van der Waals surface area contributed by atoms with Gasteiger partial charge < -0.3 is 9.80 Å². The van der Waals surface area contributed by atoms with Crippen LogP contribution in [0.25, 0.3) is 16.7 Å². The van der Waals surface area contributed by atoms with Crippen LogP contribution in [0.5, 0.6) is 0 Å². The highest BCUT2D eigenvalue weighted by atomic mass is 35.5. The smallest absolute Gasteiger partial charge is 0.253 e. The molecule has 1 atom stereocenters. The number of fused-ring (bicyclic) bond motifs is 1. The van der Waals surface area contributed by atoms with Gasteiger partial charge in [0.25, 0.3) is 5.91 Å². The Bertz CT molecular complexity index is 1440. The van der Waals surface area contributed by atoms with Gasteiger partial charge in [-0.2, -0.15) is 5.10 Å². The number of benzene rings is 2. The number of rotatable bonds is 6. The van der Waals surface area contributed by atoms with Crippen molar-refractivity contribution in [1.82, 2.24) is 24.6 Å². The van der Waals surface area contributed by atoms with E-state index in [1.807, 2.05) is 11.8 Å². The molecule has 2 aromatic carbocycles. The normalized spacial score (nSPS) is 15.1. The maximum atomic E-state index is 13.6. The zero-order chi connectivity index (χ0) is 26.8. The maximum absolute atomic E-state index is 13.6. The number of hydrogen-bond acceptors (Lipinski definition) is 5. The van der Waals surface area contributed by atoms with E-state index in [2.05, 4.69) is 18.7 Å². The third-order valence-electron chi connectivity index (χ3n) is 7.11. The summed E-state index contributed by atoms with van der Waals surface area (Å²) in [7, 11) is 0. The van der Waals surface area contributed by atoms with Gasteiger partial charge in [-0.3, -0.25) is 4.79 Å². The second kappa shape index (κ2) is 11.1. The second-order valence-electron chi connectivity index (χ2n) is 9.91. The lowest BCUT2D eigenvalue weighted by Gasteiger charge is -2.24. The van der Waals surface area contributed by atoms with E-state index in [4.69, 9.17) is 26.7 Å². The quantitative estimate of drug-likeness (QED) is 0.296. The molecule has 3 heterocycles. The van der Waals surface area contributed by atoms with Gasteiger partial charge >= 0.3 is 0 Å². The van der Waals surface area contributed by atoms with Crippen LogP contribution in [0.3, 0.4) is 0 Å². The van der Waals surface area contributed by atoms with Crippen molar-refractivity contribution in [2.75, 3.05) is 31.1 Å². The van der Waals surface area contributed by atoms with Crippen molar-refractivity contribution in [2.24, 2.45) is 0 Å². The van der Waals surface area contributed by atoms with E-state index in [0.29, 0.717) is 30.2 Å². The van der Waals surface area contributed by atoms with E-state index in [1.165, 1.54) is 12.1 Å².